The van der Waals surface area contributed by atoms with E-state index in [4.69, 9.17) is 5.73 Å². The van der Waals surface area contributed by atoms with E-state index in [1.54, 1.807) is 23.6 Å². The molecule has 0 atom stereocenters. The van der Waals surface area contributed by atoms with Crippen LogP contribution in [0.5, 0.6) is 0 Å². The summed E-state index contributed by atoms with van der Waals surface area (Å²) in [6, 6.07) is 5.89. The first-order chi connectivity index (χ1) is 7.34. The van der Waals surface area contributed by atoms with Gasteiger partial charge in [0.25, 0.3) is 0 Å². The van der Waals surface area contributed by atoms with Gasteiger partial charge in [-0.05, 0) is 40.9 Å². The third kappa shape index (κ3) is 2.95. The highest BCUT2D eigenvalue weighted by Gasteiger charge is 1.94. The molecule has 0 bridgehead atoms. The van der Waals surface area contributed by atoms with Crippen molar-refractivity contribution < 1.29 is 0 Å². The lowest BCUT2D eigenvalue weighted by Crippen LogP contribution is -2.04. The van der Waals surface area contributed by atoms with Gasteiger partial charge in [-0.15, -0.1) is 0 Å². The zero-order valence-electron chi connectivity index (χ0n) is 8.31. The topological polar surface area (TPSA) is 50.9 Å². The number of pyridine rings is 1. The van der Waals surface area contributed by atoms with Gasteiger partial charge in [0.05, 0.1) is 11.9 Å². The van der Waals surface area contributed by atoms with Crippen molar-refractivity contribution in [1.29, 1.82) is 0 Å². The lowest BCUT2D eigenvalue weighted by atomic mass is 10.2. The zero-order chi connectivity index (χ0) is 10.5. The van der Waals surface area contributed by atoms with E-state index in [0.29, 0.717) is 5.82 Å². The molecular formula is C11H13N3S. The fourth-order valence-corrected chi connectivity index (χ4v) is 2.00. The van der Waals surface area contributed by atoms with Crippen molar-refractivity contribution in [3.05, 3.63) is 40.7 Å². The first-order valence-corrected chi connectivity index (χ1v) is 5.75. The van der Waals surface area contributed by atoms with Gasteiger partial charge in [0.2, 0.25) is 0 Å². The highest BCUT2D eigenvalue weighted by molar-refractivity contribution is 7.07. The first-order valence-electron chi connectivity index (χ1n) is 4.81. The molecule has 0 amide bonds. The minimum atomic E-state index is 0.554. The monoisotopic (exact) mass is 219 g/mol. The van der Waals surface area contributed by atoms with Crippen LogP contribution < -0.4 is 11.1 Å². The highest BCUT2D eigenvalue weighted by atomic mass is 32.1. The lowest BCUT2D eigenvalue weighted by Gasteiger charge is -2.04. The van der Waals surface area contributed by atoms with Crippen LogP contribution in [0.4, 0.5) is 11.5 Å². The average molecular weight is 219 g/mol. The molecule has 0 fully saturated rings. The summed E-state index contributed by atoms with van der Waals surface area (Å²) in [5.41, 5.74) is 7.88. The number of anilines is 2. The van der Waals surface area contributed by atoms with Crippen molar-refractivity contribution in [2.75, 3.05) is 17.6 Å². The molecule has 0 radical (unpaired) electrons. The third-order valence-electron chi connectivity index (χ3n) is 2.11. The molecule has 0 spiro atoms. The number of hydrogen-bond donors (Lipinski definition) is 2. The Bertz CT molecular complexity index is 394. The van der Waals surface area contributed by atoms with E-state index in [1.807, 2.05) is 6.07 Å². The maximum absolute atomic E-state index is 5.49. The highest BCUT2D eigenvalue weighted by Crippen LogP contribution is 2.09. The van der Waals surface area contributed by atoms with E-state index in [2.05, 4.69) is 27.1 Å². The molecule has 0 aromatic carbocycles. The lowest BCUT2D eigenvalue weighted by molar-refractivity contribution is 1.02. The Morgan fingerprint density at radius 1 is 1.33 bits per heavy atom. The molecule has 3 N–H and O–H groups in total. The number of rotatable bonds is 4. The van der Waals surface area contributed by atoms with Crippen molar-refractivity contribution in [3.8, 4) is 0 Å². The molecule has 0 aliphatic carbocycles. The van der Waals surface area contributed by atoms with Crippen LogP contribution in [-0.2, 0) is 6.42 Å². The van der Waals surface area contributed by atoms with Crippen LogP contribution in [0.2, 0.25) is 0 Å². The van der Waals surface area contributed by atoms with Gasteiger partial charge in [-0.3, -0.25) is 0 Å². The Kier molecular flexibility index (Phi) is 3.19. The van der Waals surface area contributed by atoms with Crippen LogP contribution in [0.15, 0.2) is 35.2 Å². The molecule has 2 rings (SSSR count). The van der Waals surface area contributed by atoms with E-state index in [1.165, 1.54) is 5.56 Å². The largest absolute Gasteiger partial charge is 0.384 e. The number of hydrogen-bond acceptors (Lipinski definition) is 4. The van der Waals surface area contributed by atoms with E-state index in [9.17, 15) is 0 Å². The van der Waals surface area contributed by atoms with E-state index < -0.39 is 0 Å². The Hall–Kier alpha value is -1.55. The molecule has 0 saturated heterocycles. The molecular weight excluding hydrogens is 206 g/mol. The van der Waals surface area contributed by atoms with Gasteiger partial charge in [-0.2, -0.15) is 11.3 Å². The number of aromatic nitrogens is 1. The Labute approximate surface area is 93.0 Å². The van der Waals surface area contributed by atoms with Crippen molar-refractivity contribution in [2.45, 2.75) is 6.42 Å². The second-order valence-electron chi connectivity index (χ2n) is 3.28. The zero-order valence-corrected chi connectivity index (χ0v) is 9.13. The maximum Gasteiger partial charge on any atom is 0.123 e. The van der Waals surface area contributed by atoms with Gasteiger partial charge in [0, 0.05) is 6.54 Å². The minimum Gasteiger partial charge on any atom is -0.384 e. The molecule has 78 valence electrons. The van der Waals surface area contributed by atoms with E-state index in [-0.39, 0.29) is 0 Å². The second-order valence-corrected chi connectivity index (χ2v) is 4.06. The van der Waals surface area contributed by atoms with E-state index in [0.717, 1.165) is 18.7 Å². The summed E-state index contributed by atoms with van der Waals surface area (Å²) >= 11 is 1.73. The quantitative estimate of drug-likeness (QED) is 0.830. The van der Waals surface area contributed by atoms with Crippen LogP contribution in [0.1, 0.15) is 5.56 Å². The van der Waals surface area contributed by atoms with Crippen molar-refractivity contribution in [2.24, 2.45) is 0 Å². The summed E-state index contributed by atoms with van der Waals surface area (Å²) in [6.45, 7) is 0.919. The Balaban J connectivity index is 1.81. The minimum absolute atomic E-state index is 0.554. The fraction of sp³-hybridized carbons (Fsp3) is 0.182. The fourth-order valence-electron chi connectivity index (χ4n) is 1.30. The second kappa shape index (κ2) is 4.79. The molecule has 15 heavy (non-hydrogen) atoms. The van der Waals surface area contributed by atoms with Crippen LogP contribution in [0.25, 0.3) is 0 Å². The average Bonchev–Trinajstić information content (AvgIpc) is 2.74. The van der Waals surface area contributed by atoms with Crippen LogP contribution in [0, 0.1) is 0 Å². The van der Waals surface area contributed by atoms with E-state index >= 15 is 0 Å². The summed E-state index contributed by atoms with van der Waals surface area (Å²) in [6.07, 6.45) is 2.79. The number of nitrogen functional groups attached to an aromatic ring is 1. The summed E-state index contributed by atoms with van der Waals surface area (Å²) in [5, 5.41) is 7.56. The number of nitrogens with zero attached hydrogens (tertiary/aromatic N) is 1. The number of nitrogens with one attached hydrogen (secondary N) is 1. The molecule has 2 aromatic heterocycles. The van der Waals surface area contributed by atoms with Gasteiger partial charge < -0.3 is 11.1 Å². The Morgan fingerprint density at radius 2 is 2.27 bits per heavy atom. The van der Waals surface area contributed by atoms with Crippen LogP contribution in [-0.4, -0.2) is 11.5 Å². The maximum atomic E-state index is 5.49. The Morgan fingerprint density at radius 3 is 2.93 bits per heavy atom. The van der Waals surface area contributed by atoms with Gasteiger partial charge in [-0.1, -0.05) is 0 Å². The molecule has 3 nitrogen and oxygen atoms in total. The molecule has 2 aromatic rings. The SMILES string of the molecule is Nc1ccc(NCCc2ccsc2)cn1. The predicted octanol–water partition coefficient (Wildman–Crippen LogP) is 2.38. The molecule has 4 heteroatoms. The standard InChI is InChI=1S/C11H13N3S/c12-11-2-1-10(7-14-11)13-5-3-9-4-6-15-8-9/h1-2,4,6-8,13H,3,5H2,(H2,12,14). The molecule has 0 saturated carbocycles. The smallest absolute Gasteiger partial charge is 0.123 e. The molecule has 0 unspecified atom stereocenters. The van der Waals surface area contributed by atoms with Crippen molar-refractivity contribution in [3.63, 3.8) is 0 Å². The molecule has 0 aliphatic rings. The van der Waals surface area contributed by atoms with Gasteiger partial charge >= 0.3 is 0 Å². The van der Waals surface area contributed by atoms with Gasteiger partial charge in [-0.25, -0.2) is 4.98 Å². The van der Waals surface area contributed by atoms with Crippen LogP contribution in [0.3, 0.4) is 0 Å². The summed E-state index contributed by atoms with van der Waals surface area (Å²) in [5.74, 6) is 0.554. The third-order valence-corrected chi connectivity index (χ3v) is 2.84. The first kappa shape index (κ1) is 9.98. The summed E-state index contributed by atoms with van der Waals surface area (Å²) < 4.78 is 0. The van der Waals surface area contributed by atoms with Crippen LogP contribution >= 0.6 is 11.3 Å². The molecule has 2 heterocycles. The summed E-state index contributed by atoms with van der Waals surface area (Å²) in [7, 11) is 0. The summed E-state index contributed by atoms with van der Waals surface area (Å²) in [4.78, 5) is 4.01. The van der Waals surface area contributed by atoms with Crippen molar-refractivity contribution in [1.82, 2.24) is 4.98 Å². The number of nitrogens with two attached hydrogens (primary N) is 1. The number of thiophene rings is 1. The normalized spacial score (nSPS) is 10.1. The van der Waals surface area contributed by atoms with Crippen molar-refractivity contribution >= 4 is 22.8 Å². The molecule has 0 aliphatic heterocycles. The van der Waals surface area contributed by atoms with Gasteiger partial charge in [0.1, 0.15) is 5.82 Å². The van der Waals surface area contributed by atoms with Gasteiger partial charge in [0.15, 0.2) is 0 Å². The predicted molar refractivity (Wildman–Crippen MR) is 65.2 cm³/mol.